The van der Waals surface area contributed by atoms with Crippen LogP contribution in [0.3, 0.4) is 0 Å². The highest BCUT2D eigenvalue weighted by atomic mass is 32.1. The Balaban J connectivity index is 1.30. The highest BCUT2D eigenvalue weighted by Crippen LogP contribution is 2.28. The van der Waals surface area contributed by atoms with Gasteiger partial charge in [0.15, 0.2) is 0 Å². The highest BCUT2D eigenvalue weighted by Gasteiger charge is 2.32. The van der Waals surface area contributed by atoms with Gasteiger partial charge in [-0.2, -0.15) is 0 Å². The number of carbonyl (C=O) groups is 2. The Morgan fingerprint density at radius 2 is 1.88 bits per heavy atom. The molecule has 6 nitrogen and oxygen atoms in total. The first-order chi connectivity index (χ1) is 16.5. The fourth-order valence-corrected chi connectivity index (χ4v) is 6.27. The van der Waals surface area contributed by atoms with Crippen molar-refractivity contribution in [1.82, 2.24) is 19.7 Å². The number of fused-ring (bicyclic) bond motifs is 1. The summed E-state index contributed by atoms with van der Waals surface area (Å²) in [6, 6.07) is 12.8. The van der Waals surface area contributed by atoms with E-state index in [9.17, 15) is 9.59 Å². The molecule has 1 aliphatic heterocycles. The average Bonchev–Trinajstić information content (AvgIpc) is 3.43. The van der Waals surface area contributed by atoms with Crippen LogP contribution in [0.25, 0.3) is 10.2 Å². The zero-order chi connectivity index (χ0) is 23.7. The molecule has 1 unspecified atom stereocenters. The van der Waals surface area contributed by atoms with Gasteiger partial charge in [0.2, 0.25) is 0 Å². The van der Waals surface area contributed by atoms with Gasteiger partial charge in [-0.25, -0.2) is 4.79 Å². The molecule has 1 saturated heterocycles. The molecule has 180 valence electrons. The maximum Gasteiger partial charge on any atom is 0.317 e. The number of carbonyl (C=O) groups excluding carboxylic acids is 2. The van der Waals surface area contributed by atoms with Gasteiger partial charge in [0.05, 0.1) is 0 Å². The lowest BCUT2D eigenvalue weighted by Gasteiger charge is -2.40. The van der Waals surface area contributed by atoms with E-state index in [1.165, 1.54) is 30.4 Å². The lowest BCUT2D eigenvalue weighted by atomic mass is 9.96. The molecule has 5 rings (SSSR count). The second kappa shape index (κ2) is 9.82. The molecule has 3 amide bonds. The maximum atomic E-state index is 13.7. The smallest absolute Gasteiger partial charge is 0.317 e. The topological polar surface area (TPSA) is 57.6 Å². The van der Waals surface area contributed by atoms with Crippen LogP contribution >= 0.6 is 11.3 Å². The van der Waals surface area contributed by atoms with Crippen molar-refractivity contribution in [3.05, 3.63) is 58.6 Å². The quantitative estimate of drug-likeness (QED) is 0.557. The van der Waals surface area contributed by atoms with E-state index in [0.29, 0.717) is 32.2 Å². The number of thiophene rings is 1. The van der Waals surface area contributed by atoms with Gasteiger partial charge in [0.1, 0.15) is 10.5 Å². The zero-order valence-electron chi connectivity index (χ0n) is 20.1. The van der Waals surface area contributed by atoms with Crippen LogP contribution in [0.5, 0.6) is 0 Å². The summed E-state index contributed by atoms with van der Waals surface area (Å²) in [5, 5.41) is 6.43. The van der Waals surface area contributed by atoms with Gasteiger partial charge in [-0.1, -0.05) is 43.5 Å². The number of hydrogen-bond acceptors (Lipinski definition) is 3. The molecule has 1 aliphatic carbocycles. The number of piperazine rings is 1. The predicted octanol–water partition coefficient (Wildman–Crippen LogP) is 5.25. The van der Waals surface area contributed by atoms with E-state index < -0.39 is 0 Å². The number of rotatable bonds is 4. The van der Waals surface area contributed by atoms with Crippen LogP contribution in [0.4, 0.5) is 4.79 Å². The van der Waals surface area contributed by atoms with E-state index in [1.807, 2.05) is 28.9 Å². The molecule has 1 saturated carbocycles. The number of hydrogen-bond donors (Lipinski definition) is 1. The monoisotopic (exact) mass is 478 g/mol. The van der Waals surface area contributed by atoms with Crippen LogP contribution in [-0.4, -0.2) is 58.0 Å². The molecular weight excluding hydrogens is 444 g/mol. The van der Waals surface area contributed by atoms with Crippen molar-refractivity contribution in [3.8, 4) is 0 Å². The summed E-state index contributed by atoms with van der Waals surface area (Å²) in [5.74, 6) is 0.0520. The molecule has 2 fully saturated rings. The molecule has 3 heterocycles. The molecule has 1 aromatic carbocycles. The molecule has 0 bridgehead atoms. The Bertz CT molecular complexity index is 1180. The van der Waals surface area contributed by atoms with E-state index in [0.717, 1.165) is 28.8 Å². The van der Waals surface area contributed by atoms with E-state index in [1.54, 1.807) is 11.3 Å². The van der Waals surface area contributed by atoms with Crippen molar-refractivity contribution in [2.45, 2.75) is 64.6 Å². The lowest BCUT2D eigenvalue weighted by Crippen LogP contribution is -2.58. The maximum absolute atomic E-state index is 13.7. The number of aromatic nitrogens is 1. The minimum absolute atomic E-state index is 0.0119. The first kappa shape index (κ1) is 23.0. The van der Waals surface area contributed by atoms with Crippen molar-refractivity contribution < 1.29 is 9.59 Å². The standard InChI is InChI=1S/C27H34N4O2S/c1-19-8-6-7-9-22(19)18-31-24(16-21-12-15-34-26(21)31)25(32)29-13-14-30(20(2)17-29)27(33)28-23-10-4-3-5-11-23/h6-9,12,15-16,20,23H,3-5,10-11,13-14,17-18H2,1-2H3,(H,28,33). The summed E-state index contributed by atoms with van der Waals surface area (Å²) in [7, 11) is 0. The average molecular weight is 479 g/mol. The van der Waals surface area contributed by atoms with Gasteiger partial charge in [0, 0.05) is 43.6 Å². The van der Waals surface area contributed by atoms with Gasteiger partial charge >= 0.3 is 6.03 Å². The van der Waals surface area contributed by atoms with Crippen molar-refractivity contribution >= 4 is 33.5 Å². The Hall–Kier alpha value is -2.80. The largest absolute Gasteiger partial charge is 0.335 e. The second-order valence-corrected chi connectivity index (χ2v) is 10.7. The Labute approximate surface area is 205 Å². The Kier molecular flexibility index (Phi) is 6.63. The number of nitrogens with one attached hydrogen (secondary N) is 1. The molecule has 7 heteroatoms. The summed E-state index contributed by atoms with van der Waals surface area (Å²) in [4.78, 5) is 31.6. The molecule has 1 N–H and O–H groups in total. The fourth-order valence-electron chi connectivity index (χ4n) is 5.38. The molecule has 1 atom stereocenters. The SMILES string of the molecule is Cc1ccccc1Cn1c(C(=O)N2CCN(C(=O)NC3CCCCC3)C(C)C2)cc2ccsc21. The van der Waals surface area contributed by atoms with Gasteiger partial charge < -0.3 is 19.7 Å². The van der Waals surface area contributed by atoms with Crippen LogP contribution < -0.4 is 5.32 Å². The third-order valence-electron chi connectivity index (χ3n) is 7.42. The number of urea groups is 1. The summed E-state index contributed by atoms with van der Waals surface area (Å²) in [5.41, 5.74) is 3.18. The van der Waals surface area contributed by atoms with E-state index in [2.05, 4.69) is 46.5 Å². The van der Waals surface area contributed by atoms with E-state index in [4.69, 9.17) is 0 Å². The molecule has 3 aromatic rings. The van der Waals surface area contributed by atoms with Crippen LogP contribution in [0.15, 0.2) is 41.8 Å². The first-order valence-corrected chi connectivity index (χ1v) is 13.4. The summed E-state index contributed by atoms with van der Waals surface area (Å²) >= 11 is 1.68. The van der Waals surface area contributed by atoms with Crippen molar-refractivity contribution in [2.24, 2.45) is 0 Å². The van der Waals surface area contributed by atoms with Gasteiger partial charge in [-0.15, -0.1) is 11.3 Å². The molecule has 2 aromatic heterocycles. The Morgan fingerprint density at radius 1 is 1.09 bits per heavy atom. The van der Waals surface area contributed by atoms with Crippen LogP contribution in [0, 0.1) is 6.92 Å². The summed E-state index contributed by atoms with van der Waals surface area (Å²) in [6.07, 6.45) is 5.82. The molecule has 2 aliphatic rings. The van der Waals surface area contributed by atoms with Gasteiger partial charge in [-0.3, -0.25) is 4.79 Å². The predicted molar refractivity (Wildman–Crippen MR) is 138 cm³/mol. The number of benzene rings is 1. The van der Waals surface area contributed by atoms with Crippen LogP contribution in [-0.2, 0) is 6.54 Å². The van der Waals surface area contributed by atoms with E-state index >= 15 is 0 Å². The lowest BCUT2D eigenvalue weighted by molar-refractivity contribution is 0.0566. The zero-order valence-corrected chi connectivity index (χ0v) is 20.9. The third-order valence-corrected chi connectivity index (χ3v) is 8.37. The van der Waals surface area contributed by atoms with Crippen LogP contribution in [0.1, 0.15) is 60.6 Å². The van der Waals surface area contributed by atoms with Gasteiger partial charge in [0.25, 0.3) is 5.91 Å². The number of aryl methyl sites for hydroxylation is 1. The van der Waals surface area contributed by atoms with E-state index in [-0.39, 0.29) is 18.0 Å². The number of amides is 3. The second-order valence-electron chi connectivity index (χ2n) is 9.80. The van der Waals surface area contributed by atoms with Crippen molar-refractivity contribution in [3.63, 3.8) is 0 Å². The molecular formula is C27H34N4O2S. The van der Waals surface area contributed by atoms with Crippen molar-refractivity contribution in [2.75, 3.05) is 19.6 Å². The fraction of sp³-hybridized carbons (Fsp3) is 0.481. The molecule has 0 radical (unpaired) electrons. The summed E-state index contributed by atoms with van der Waals surface area (Å²) in [6.45, 7) is 6.52. The first-order valence-electron chi connectivity index (χ1n) is 12.5. The molecule has 34 heavy (non-hydrogen) atoms. The van der Waals surface area contributed by atoms with Crippen LogP contribution in [0.2, 0.25) is 0 Å². The van der Waals surface area contributed by atoms with Crippen molar-refractivity contribution in [1.29, 1.82) is 0 Å². The molecule has 0 spiro atoms. The summed E-state index contributed by atoms with van der Waals surface area (Å²) < 4.78 is 2.16. The minimum Gasteiger partial charge on any atom is -0.335 e. The highest BCUT2D eigenvalue weighted by molar-refractivity contribution is 7.16. The normalized spacial score (nSPS) is 19.5. The van der Waals surface area contributed by atoms with Gasteiger partial charge in [-0.05, 0) is 55.3 Å². The number of nitrogens with zero attached hydrogens (tertiary/aromatic N) is 3. The Morgan fingerprint density at radius 3 is 2.65 bits per heavy atom. The minimum atomic E-state index is -0.0119. The third kappa shape index (κ3) is 4.58.